The Morgan fingerprint density at radius 1 is 1.10 bits per heavy atom. The first kappa shape index (κ1) is 21.8. The molecule has 1 aliphatic carbocycles. The zero-order valence-corrected chi connectivity index (χ0v) is 19.2. The Labute approximate surface area is 193 Å². The van der Waals surface area contributed by atoms with Gasteiger partial charge in [-0.05, 0) is 49.5 Å². The summed E-state index contributed by atoms with van der Waals surface area (Å²) in [5.74, 6) is -0.223. The van der Waals surface area contributed by atoms with E-state index in [1.54, 1.807) is 4.90 Å². The molecule has 1 aliphatic heterocycles. The summed E-state index contributed by atoms with van der Waals surface area (Å²) in [5.41, 5.74) is 2.81. The maximum atomic E-state index is 13.4. The first-order chi connectivity index (χ1) is 15.0. The molecule has 2 aromatic carbocycles. The number of hydrogen-bond acceptors (Lipinski definition) is 4. The van der Waals surface area contributed by atoms with E-state index in [2.05, 4.69) is 5.32 Å². The van der Waals surface area contributed by atoms with Crippen LogP contribution in [0.4, 0.5) is 5.69 Å². The van der Waals surface area contributed by atoms with Gasteiger partial charge in [-0.2, -0.15) is 0 Å². The van der Waals surface area contributed by atoms with Gasteiger partial charge in [0, 0.05) is 5.69 Å². The van der Waals surface area contributed by atoms with Crippen LogP contribution in [-0.2, 0) is 9.59 Å². The molecule has 6 heteroatoms. The monoisotopic (exact) mass is 450 g/mol. The van der Waals surface area contributed by atoms with Gasteiger partial charge in [-0.1, -0.05) is 91.3 Å². The molecule has 2 fully saturated rings. The molecule has 2 amide bonds. The van der Waals surface area contributed by atoms with Gasteiger partial charge in [0.05, 0.1) is 4.91 Å². The van der Waals surface area contributed by atoms with Crippen molar-refractivity contribution in [2.24, 2.45) is 5.92 Å². The van der Waals surface area contributed by atoms with E-state index in [0.29, 0.717) is 9.23 Å². The molecule has 4 rings (SSSR count). The number of hydrogen-bond donors (Lipinski definition) is 1. The van der Waals surface area contributed by atoms with Crippen molar-refractivity contribution in [3.05, 3.63) is 70.6 Å². The third-order valence-electron chi connectivity index (χ3n) is 5.88. The fourth-order valence-electron chi connectivity index (χ4n) is 4.27. The predicted octanol–water partition coefficient (Wildman–Crippen LogP) is 5.78. The zero-order valence-electron chi connectivity index (χ0n) is 17.5. The number of thioether (sulfide) groups is 1. The molecule has 2 aromatic rings. The van der Waals surface area contributed by atoms with Gasteiger partial charge >= 0.3 is 0 Å². The molecule has 2 aliphatic rings. The molecule has 1 saturated carbocycles. The second-order valence-electron chi connectivity index (χ2n) is 8.16. The number of nitrogens with one attached hydrogen (secondary N) is 1. The van der Waals surface area contributed by atoms with Crippen LogP contribution in [0.15, 0.2) is 59.5 Å². The molecule has 4 nitrogen and oxygen atoms in total. The average Bonchev–Trinajstić information content (AvgIpc) is 3.05. The summed E-state index contributed by atoms with van der Waals surface area (Å²) in [6, 6.07) is 16.9. The zero-order chi connectivity index (χ0) is 21.8. The van der Waals surface area contributed by atoms with Gasteiger partial charge in [-0.15, -0.1) is 0 Å². The molecular weight excluding hydrogens is 424 g/mol. The highest BCUT2D eigenvalue weighted by atomic mass is 32.2. The van der Waals surface area contributed by atoms with Gasteiger partial charge in [0.25, 0.3) is 5.91 Å². The second kappa shape index (κ2) is 9.79. The fourth-order valence-corrected chi connectivity index (χ4v) is 5.59. The van der Waals surface area contributed by atoms with Crippen molar-refractivity contribution in [1.82, 2.24) is 4.90 Å². The highest BCUT2D eigenvalue weighted by Gasteiger charge is 2.44. The lowest BCUT2D eigenvalue weighted by atomic mass is 9.82. The summed E-state index contributed by atoms with van der Waals surface area (Å²) in [4.78, 5) is 29.0. The fraction of sp³-hybridized carbons (Fsp3) is 0.320. The van der Waals surface area contributed by atoms with Gasteiger partial charge in [-0.3, -0.25) is 14.5 Å². The summed E-state index contributed by atoms with van der Waals surface area (Å²) in [5, 5.41) is 3.03. The molecule has 1 N–H and O–H groups in total. The number of carbonyl (C=O) groups excluding carboxylic acids is 2. The van der Waals surface area contributed by atoms with Crippen LogP contribution in [0.25, 0.3) is 6.08 Å². The SMILES string of the molecule is Cc1ccc(NC(=O)C(C2CCCCC2)N2C(=O)/C(=C/c3ccccc3)SC2=S)cc1. The Bertz CT molecular complexity index is 996. The van der Waals surface area contributed by atoms with Gasteiger partial charge < -0.3 is 5.32 Å². The van der Waals surface area contributed by atoms with Crippen LogP contribution in [0.5, 0.6) is 0 Å². The van der Waals surface area contributed by atoms with Gasteiger partial charge in [0.1, 0.15) is 10.4 Å². The summed E-state index contributed by atoms with van der Waals surface area (Å²) < 4.78 is 0.460. The van der Waals surface area contributed by atoms with Gasteiger partial charge in [0.2, 0.25) is 5.91 Å². The van der Waals surface area contributed by atoms with Crippen LogP contribution < -0.4 is 5.32 Å². The number of rotatable bonds is 5. The molecule has 1 atom stereocenters. The van der Waals surface area contributed by atoms with E-state index in [9.17, 15) is 9.59 Å². The van der Waals surface area contributed by atoms with Crippen LogP contribution in [0, 0.1) is 12.8 Å². The third kappa shape index (κ3) is 5.08. The van der Waals surface area contributed by atoms with Crippen molar-refractivity contribution < 1.29 is 9.59 Å². The minimum Gasteiger partial charge on any atom is -0.324 e. The maximum Gasteiger partial charge on any atom is 0.266 e. The van der Waals surface area contributed by atoms with Crippen molar-refractivity contribution >= 4 is 51.9 Å². The van der Waals surface area contributed by atoms with Crippen molar-refractivity contribution in [2.75, 3.05) is 5.32 Å². The van der Waals surface area contributed by atoms with E-state index in [1.807, 2.05) is 67.6 Å². The van der Waals surface area contributed by atoms with Crippen LogP contribution in [0.2, 0.25) is 0 Å². The normalized spacial score (nSPS) is 19.6. The lowest BCUT2D eigenvalue weighted by Crippen LogP contribution is -2.51. The first-order valence-electron chi connectivity index (χ1n) is 10.7. The van der Waals surface area contributed by atoms with Crippen LogP contribution in [0.1, 0.15) is 43.2 Å². The van der Waals surface area contributed by atoms with E-state index in [0.717, 1.165) is 42.5 Å². The van der Waals surface area contributed by atoms with Crippen molar-refractivity contribution in [3.8, 4) is 0 Å². The van der Waals surface area contributed by atoms with Crippen molar-refractivity contribution in [1.29, 1.82) is 0 Å². The quantitative estimate of drug-likeness (QED) is 0.463. The molecule has 0 bridgehead atoms. The molecule has 1 saturated heterocycles. The Kier molecular flexibility index (Phi) is 6.88. The first-order valence-corrected chi connectivity index (χ1v) is 11.9. The standard InChI is InChI=1S/C25H26N2O2S2/c1-17-12-14-20(15-13-17)26-23(28)22(19-10-6-3-7-11-19)27-24(29)21(31-25(27)30)16-18-8-4-2-5-9-18/h2,4-5,8-9,12-16,19,22H,3,6-7,10-11H2,1H3,(H,26,28)/b21-16-. The number of anilines is 1. The molecule has 1 heterocycles. The van der Waals surface area contributed by atoms with Crippen LogP contribution in [-0.4, -0.2) is 27.1 Å². The van der Waals surface area contributed by atoms with E-state index < -0.39 is 6.04 Å². The highest BCUT2D eigenvalue weighted by Crippen LogP contribution is 2.38. The number of carbonyl (C=O) groups is 2. The minimum atomic E-state index is -0.587. The average molecular weight is 451 g/mol. The second-order valence-corrected chi connectivity index (χ2v) is 9.84. The largest absolute Gasteiger partial charge is 0.324 e. The minimum absolute atomic E-state index is 0.109. The highest BCUT2D eigenvalue weighted by molar-refractivity contribution is 8.26. The molecular formula is C25H26N2O2S2. The maximum absolute atomic E-state index is 13.4. The third-order valence-corrected chi connectivity index (χ3v) is 7.21. The molecule has 31 heavy (non-hydrogen) atoms. The van der Waals surface area contributed by atoms with Crippen molar-refractivity contribution in [2.45, 2.75) is 45.1 Å². The van der Waals surface area contributed by atoms with Crippen molar-refractivity contribution in [3.63, 3.8) is 0 Å². The summed E-state index contributed by atoms with van der Waals surface area (Å²) in [7, 11) is 0. The van der Waals surface area contributed by atoms with Gasteiger partial charge in [0.15, 0.2) is 0 Å². The molecule has 0 spiro atoms. The molecule has 160 valence electrons. The molecule has 1 unspecified atom stereocenters. The molecule has 0 aromatic heterocycles. The predicted molar refractivity (Wildman–Crippen MR) is 132 cm³/mol. The van der Waals surface area contributed by atoms with E-state index >= 15 is 0 Å². The number of nitrogens with zero attached hydrogens (tertiary/aromatic N) is 1. The lowest BCUT2D eigenvalue weighted by molar-refractivity contribution is -0.132. The number of benzene rings is 2. The Morgan fingerprint density at radius 3 is 2.45 bits per heavy atom. The summed E-state index contributed by atoms with van der Waals surface area (Å²) in [6.07, 6.45) is 7.05. The van der Waals surface area contributed by atoms with Crippen LogP contribution >= 0.6 is 24.0 Å². The van der Waals surface area contributed by atoms with E-state index in [-0.39, 0.29) is 17.7 Å². The Hall–Kier alpha value is -2.44. The summed E-state index contributed by atoms with van der Waals surface area (Å²) in [6.45, 7) is 2.01. The smallest absolute Gasteiger partial charge is 0.266 e. The Balaban J connectivity index is 1.62. The van der Waals surface area contributed by atoms with E-state index in [4.69, 9.17) is 12.2 Å². The molecule has 0 radical (unpaired) electrons. The number of amides is 2. The van der Waals surface area contributed by atoms with E-state index in [1.165, 1.54) is 18.2 Å². The lowest BCUT2D eigenvalue weighted by Gasteiger charge is -2.34. The topological polar surface area (TPSA) is 49.4 Å². The number of thiocarbonyl (C=S) groups is 1. The number of aryl methyl sites for hydroxylation is 1. The van der Waals surface area contributed by atoms with Crippen LogP contribution in [0.3, 0.4) is 0 Å². The Morgan fingerprint density at radius 2 is 1.77 bits per heavy atom. The van der Waals surface area contributed by atoms with Gasteiger partial charge in [-0.25, -0.2) is 0 Å². The summed E-state index contributed by atoms with van der Waals surface area (Å²) >= 11 is 6.89.